The first-order valence-corrected chi connectivity index (χ1v) is 4.43. The normalized spacial score (nSPS) is 11.3. The summed E-state index contributed by atoms with van der Waals surface area (Å²) in [5.74, 6) is 0.587. The number of ether oxygens (including phenoxy) is 1. The van der Waals surface area contributed by atoms with E-state index in [4.69, 9.17) is 4.74 Å². The van der Waals surface area contributed by atoms with Crippen molar-refractivity contribution >= 4 is 15.9 Å². The summed E-state index contributed by atoms with van der Waals surface area (Å²) in [6.45, 7) is 5.93. The molecule has 0 unspecified atom stereocenters. The molecule has 1 rings (SSSR count). The van der Waals surface area contributed by atoms with Gasteiger partial charge in [-0.05, 0) is 36.7 Å². The van der Waals surface area contributed by atoms with E-state index in [0.29, 0.717) is 5.88 Å². The lowest BCUT2D eigenvalue weighted by Gasteiger charge is -2.19. The molecule has 66 valence electrons. The molecule has 0 fully saturated rings. The van der Waals surface area contributed by atoms with E-state index in [0.717, 1.165) is 4.60 Å². The summed E-state index contributed by atoms with van der Waals surface area (Å²) in [5.41, 5.74) is -0.214. The molecule has 0 aliphatic rings. The predicted molar refractivity (Wildman–Crippen MR) is 50.1 cm³/mol. The van der Waals surface area contributed by atoms with Crippen LogP contribution in [0.15, 0.2) is 17.0 Å². The molecule has 4 heteroatoms. The maximum atomic E-state index is 5.50. The van der Waals surface area contributed by atoms with E-state index in [1.54, 1.807) is 6.07 Å². The molecule has 0 bridgehead atoms. The maximum Gasteiger partial charge on any atom is 0.217 e. The van der Waals surface area contributed by atoms with Crippen molar-refractivity contribution in [3.63, 3.8) is 0 Å². The van der Waals surface area contributed by atoms with Crippen LogP contribution >= 0.6 is 15.9 Å². The predicted octanol–water partition coefficient (Wildman–Crippen LogP) is 2.42. The van der Waals surface area contributed by atoms with Crippen LogP contribution in [0.25, 0.3) is 0 Å². The third kappa shape index (κ3) is 3.17. The van der Waals surface area contributed by atoms with Crippen LogP contribution in [0.3, 0.4) is 0 Å². The van der Waals surface area contributed by atoms with Gasteiger partial charge in [0.15, 0.2) is 0 Å². The van der Waals surface area contributed by atoms with E-state index >= 15 is 0 Å². The number of nitrogens with zero attached hydrogens (tertiary/aromatic N) is 2. The Morgan fingerprint density at radius 1 is 1.33 bits per heavy atom. The summed E-state index contributed by atoms with van der Waals surface area (Å²) < 4.78 is 6.23. The van der Waals surface area contributed by atoms with Crippen molar-refractivity contribution in [1.29, 1.82) is 0 Å². The molecule has 1 aromatic heterocycles. The van der Waals surface area contributed by atoms with Crippen LogP contribution in [-0.2, 0) is 0 Å². The number of aromatic nitrogens is 2. The smallest absolute Gasteiger partial charge is 0.217 e. The zero-order valence-corrected chi connectivity index (χ0v) is 8.92. The molecule has 0 saturated heterocycles. The number of hydrogen-bond donors (Lipinski definition) is 0. The van der Waals surface area contributed by atoms with Crippen LogP contribution < -0.4 is 4.74 Å². The minimum Gasteiger partial charge on any atom is -0.472 e. The van der Waals surface area contributed by atoms with E-state index in [-0.39, 0.29) is 5.60 Å². The van der Waals surface area contributed by atoms with Gasteiger partial charge >= 0.3 is 0 Å². The van der Waals surface area contributed by atoms with Crippen LogP contribution in [0.5, 0.6) is 5.88 Å². The Balaban J connectivity index is 2.77. The Bertz CT molecular complexity index is 270. The molecule has 0 spiro atoms. The highest BCUT2D eigenvalue weighted by molar-refractivity contribution is 9.10. The lowest BCUT2D eigenvalue weighted by Crippen LogP contribution is -2.23. The Morgan fingerprint density at radius 2 is 2.00 bits per heavy atom. The van der Waals surface area contributed by atoms with Gasteiger partial charge in [0, 0.05) is 6.07 Å². The first-order valence-electron chi connectivity index (χ1n) is 3.64. The van der Waals surface area contributed by atoms with E-state index in [2.05, 4.69) is 25.9 Å². The number of rotatable bonds is 1. The fraction of sp³-hybridized carbons (Fsp3) is 0.500. The Hall–Kier alpha value is -0.640. The molecule has 0 saturated carbocycles. The van der Waals surface area contributed by atoms with Gasteiger partial charge in [-0.25, -0.2) is 9.97 Å². The van der Waals surface area contributed by atoms with E-state index in [1.807, 2.05) is 20.8 Å². The zero-order chi connectivity index (χ0) is 9.19. The third-order valence-corrected chi connectivity index (χ3v) is 1.45. The standard InChI is InChI=1S/C8H11BrN2O/c1-8(2,3)12-7-4-6(9)10-5-11-7/h4-5H,1-3H3. The highest BCUT2D eigenvalue weighted by Gasteiger charge is 2.12. The van der Waals surface area contributed by atoms with Crippen LogP contribution in [-0.4, -0.2) is 15.6 Å². The minimum absolute atomic E-state index is 0.214. The van der Waals surface area contributed by atoms with Gasteiger partial charge in [-0.3, -0.25) is 0 Å². The summed E-state index contributed by atoms with van der Waals surface area (Å²) in [6.07, 6.45) is 1.46. The average molecular weight is 231 g/mol. The number of halogens is 1. The second-order valence-electron chi connectivity index (χ2n) is 3.39. The van der Waals surface area contributed by atoms with Gasteiger partial charge in [0.1, 0.15) is 16.5 Å². The van der Waals surface area contributed by atoms with E-state index in [9.17, 15) is 0 Å². The fourth-order valence-corrected chi connectivity index (χ4v) is 0.974. The molecule has 0 atom stereocenters. The van der Waals surface area contributed by atoms with Crippen molar-refractivity contribution < 1.29 is 4.74 Å². The van der Waals surface area contributed by atoms with Crippen molar-refractivity contribution in [3.8, 4) is 5.88 Å². The molecule has 0 aliphatic carbocycles. The molecule has 1 heterocycles. The van der Waals surface area contributed by atoms with Gasteiger partial charge in [0.05, 0.1) is 0 Å². The largest absolute Gasteiger partial charge is 0.472 e. The number of hydrogen-bond acceptors (Lipinski definition) is 3. The molecule has 3 nitrogen and oxygen atoms in total. The molecule has 0 N–H and O–H groups in total. The lowest BCUT2D eigenvalue weighted by atomic mass is 10.2. The van der Waals surface area contributed by atoms with Gasteiger partial charge in [0.2, 0.25) is 5.88 Å². The molecule has 0 radical (unpaired) electrons. The highest BCUT2D eigenvalue weighted by atomic mass is 79.9. The third-order valence-electron chi connectivity index (χ3n) is 1.02. The quantitative estimate of drug-likeness (QED) is 0.696. The summed E-state index contributed by atoms with van der Waals surface area (Å²) in [7, 11) is 0. The maximum absolute atomic E-state index is 5.50. The van der Waals surface area contributed by atoms with Crippen molar-refractivity contribution in [2.75, 3.05) is 0 Å². The van der Waals surface area contributed by atoms with Gasteiger partial charge in [0.25, 0.3) is 0 Å². The lowest BCUT2D eigenvalue weighted by molar-refractivity contribution is 0.123. The van der Waals surface area contributed by atoms with Gasteiger partial charge in [-0.2, -0.15) is 0 Å². The molecular weight excluding hydrogens is 220 g/mol. The molecule has 0 amide bonds. The van der Waals surface area contributed by atoms with Crippen LogP contribution in [0.1, 0.15) is 20.8 Å². The fourth-order valence-electron chi connectivity index (χ4n) is 0.687. The average Bonchev–Trinajstić information content (AvgIpc) is 1.82. The molecule has 1 aromatic rings. The van der Waals surface area contributed by atoms with Gasteiger partial charge in [-0.1, -0.05) is 0 Å². The first-order chi connectivity index (χ1) is 5.47. The monoisotopic (exact) mass is 230 g/mol. The summed E-state index contributed by atoms with van der Waals surface area (Å²) in [5, 5.41) is 0. The SMILES string of the molecule is CC(C)(C)Oc1cc(Br)ncn1. The van der Waals surface area contributed by atoms with E-state index < -0.39 is 0 Å². The second-order valence-corrected chi connectivity index (χ2v) is 4.21. The summed E-state index contributed by atoms with van der Waals surface area (Å²) >= 11 is 3.24. The Labute approximate surface area is 80.3 Å². The van der Waals surface area contributed by atoms with Gasteiger partial charge < -0.3 is 4.74 Å². The minimum atomic E-state index is -0.214. The molecular formula is C8H11BrN2O. The Morgan fingerprint density at radius 3 is 2.50 bits per heavy atom. The summed E-state index contributed by atoms with van der Waals surface area (Å²) in [4.78, 5) is 7.86. The van der Waals surface area contributed by atoms with Crippen molar-refractivity contribution in [2.24, 2.45) is 0 Å². The van der Waals surface area contributed by atoms with E-state index in [1.165, 1.54) is 6.33 Å². The zero-order valence-electron chi connectivity index (χ0n) is 7.34. The molecule has 0 aromatic carbocycles. The summed E-state index contributed by atoms with van der Waals surface area (Å²) in [6, 6.07) is 1.74. The van der Waals surface area contributed by atoms with Crippen LogP contribution in [0, 0.1) is 0 Å². The Kier molecular flexibility index (Phi) is 2.67. The van der Waals surface area contributed by atoms with Crippen molar-refractivity contribution in [1.82, 2.24) is 9.97 Å². The van der Waals surface area contributed by atoms with Crippen molar-refractivity contribution in [3.05, 3.63) is 17.0 Å². The van der Waals surface area contributed by atoms with Gasteiger partial charge in [-0.15, -0.1) is 0 Å². The van der Waals surface area contributed by atoms with Crippen molar-refractivity contribution in [2.45, 2.75) is 26.4 Å². The van der Waals surface area contributed by atoms with Crippen LogP contribution in [0.4, 0.5) is 0 Å². The second kappa shape index (κ2) is 3.39. The topological polar surface area (TPSA) is 35.0 Å². The van der Waals surface area contributed by atoms with Crippen LogP contribution in [0.2, 0.25) is 0 Å². The molecule has 12 heavy (non-hydrogen) atoms. The first kappa shape index (κ1) is 9.45. The highest BCUT2D eigenvalue weighted by Crippen LogP contribution is 2.17. The molecule has 0 aliphatic heterocycles.